The summed E-state index contributed by atoms with van der Waals surface area (Å²) in [4.78, 5) is 28.2. The summed E-state index contributed by atoms with van der Waals surface area (Å²) in [5.74, 6) is -1.16. The van der Waals surface area contributed by atoms with Crippen LogP contribution in [0.4, 0.5) is 38.9 Å². The largest absolute Gasteiger partial charge is 0.477 e. The molecule has 0 atom stereocenters. The first kappa shape index (κ1) is 42.7. The second kappa shape index (κ2) is 13.3. The van der Waals surface area contributed by atoms with Crippen molar-refractivity contribution >= 4 is 43.5 Å². The van der Waals surface area contributed by atoms with Gasteiger partial charge in [-0.1, -0.05) is 75.3 Å². The van der Waals surface area contributed by atoms with Gasteiger partial charge in [0.05, 0.1) is 11.4 Å². The lowest BCUT2D eigenvalue weighted by Crippen LogP contribution is -2.08. The molecule has 0 aliphatic rings. The number of aryl methyl sites for hydroxylation is 5. The molecule has 0 saturated carbocycles. The molecule has 0 aliphatic carbocycles. The Kier molecular flexibility index (Phi) is 10.3. The van der Waals surface area contributed by atoms with Gasteiger partial charge in [0.2, 0.25) is 0 Å². The van der Waals surface area contributed by atoms with Crippen molar-refractivity contribution < 1.29 is 53.6 Å². The smallest absolute Gasteiger partial charge is 0.354 e. The molecule has 55 heavy (non-hydrogen) atoms. The highest BCUT2D eigenvalue weighted by atomic mass is 32.5. The number of hydrogen-bond acceptors (Lipinski definition) is 5. The number of aromatic carboxylic acids is 1. The van der Waals surface area contributed by atoms with Crippen LogP contribution in [0.25, 0.3) is 11.3 Å². The number of carbonyl (C=O) groups is 2. The number of carboxylic acids is 1. The lowest BCUT2D eigenvalue weighted by atomic mass is 10.1. The second-order valence-electron chi connectivity index (χ2n) is 12.6. The number of carbonyl (C=O) groups excluding carboxylic acids is 1. The van der Waals surface area contributed by atoms with E-state index in [4.69, 9.17) is 10.8 Å². The molecular weight excluding hydrogens is 793 g/mol. The third kappa shape index (κ3) is 10.8. The van der Waals surface area contributed by atoms with Gasteiger partial charge in [0.25, 0.3) is 0 Å². The minimum atomic E-state index is -9.67. The third-order valence-corrected chi connectivity index (χ3v) is 10.3. The highest BCUT2D eigenvalue weighted by Gasteiger charge is 2.66. The number of hydrogen-bond donors (Lipinski definition) is 2. The van der Waals surface area contributed by atoms with Crippen LogP contribution in [0, 0.1) is 27.7 Å². The summed E-state index contributed by atoms with van der Waals surface area (Å²) in [6.45, 7) is 7.22. The van der Waals surface area contributed by atoms with Crippen molar-refractivity contribution in [3.8, 4) is 0 Å². The summed E-state index contributed by atoms with van der Waals surface area (Å²) in [5, 5.41) is 8.98. The van der Waals surface area contributed by atoms with Crippen LogP contribution in [-0.4, -0.2) is 35.6 Å². The Balaban J connectivity index is 0.000000202. The van der Waals surface area contributed by atoms with Gasteiger partial charge < -0.3 is 10.8 Å². The molecule has 3 N–H and O–H groups in total. The minimum absolute atomic E-state index is 0.0145. The maximum Gasteiger partial charge on any atom is 0.354 e. The molecule has 0 bridgehead atoms. The number of pyridine rings is 2. The molecule has 2 aromatic carbocycles. The molecule has 0 fully saturated rings. The van der Waals surface area contributed by atoms with Crippen molar-refractivity contribution in [1.29, 1.82) is 0 Å². The van der Waals surface area contributed by atoms with Crippen LogP contribution in [0.3, 0.4) is 0 Å². The first-order valence-electron chi connectivity index (χ1n) is 15.9. The van der Waals surface area contributed by atoms with Gasteiger partial charge in [0.15, 0.2) is 11.5 Å². The molecule has 6 rings (SSSR count). The summed E-state index contributed by atoms with van der Waals surface area (Å²) >= 11 is 0. The van der Waals surface area contributed by atoms with E-state index in [2.05, 4.69) is 9.97 Å². The number of Topliss-reactive ketones (excluding diaryl/α,β-unsaturated/α-hetero) is 1. The molecular formula is C35H35F10N5O3S2. The number of ketones is 1. The van der Waals surface area contributed by atoms with E-state index in [0.29, 0.717) is 63.8 Å². The van der Waals surface area contributed by atoms with E-state index in [0.717, 1.165) is 35.4 Å². The van der Waals surface area contributed by atoms with E-state index in [9.17, 15) is 48.4 Å². The standard InChI is InChI=1S/C18H17F5N2OS.C10H10N2O2.C7H8F5NS/c1-12-3-10-17-24-13(2)18(25(17)11-12)16(26)9-6-14-4-7-15(8-5-14)27(19,20,21,22)23;1-6-3-4-8-11-7(2)9(10(13)14)12(8)5-6;8-14(9,10,11,12)7-3-1-6(5-13)2-4-7/h3-5,7-8,10-11H,6,9H2,1-2H3;3-5H,1-2H3,(H,13,14);1-4H,5,13H2. The van der Waals surface area contributed by atoms with Gasteiger partial charge in [-0.05, 0) is 92.8 Å². The highest BCUT2D eigenvalue weighted by molar-refractivity contribution is 8.46. The predicted octanol–water partition coefficient (Wildman–Crippen LogP) is 11.9. The molecule has 0 saturated heterocycles. The number of nitrogens with zero attached hydrogens (tertiary/aromatic N) is 4. The normalized spacial score (nSPS) is 14.4. The summed E-state index contributed by atoms with van der Waals surface area (Å²) in [6, 6.07) is 12.6. The molecule has 0 unspecified atom stereocenters. The van der Waals surface area contributed by atoms with Gasteiger partial charge in [0, 0.05) is 25.4 Å². The lowest BCUT2D eigenvalue weighted by molar-refractivity contribution is 0.0688. The SMILES string of the molecule is Cc1ccc2nc(C)c(C(=O)CCc3ccc(S(F)(F)(F)(F)F)cc3)n2c1.Cc1ccc2nc(C)c(C(=O)O)n2c1.NCc1ccc(S(F)(F)(F)(F)F)cc1. The van der Waals surface area contributed by atoms with Crippen molar-refractivity contribution in [3.05, 3.63) is 130 Å². The molecule has 0 amide bonds. The number of benzene rings is 2. The monoisotopic (exact) mass is 827 g/mol. The van der Waals surface area contributed by atoms with Crippen molar-refractivity contribution in [3.63, 3.8) is 0 Å². The van der Waals surface area contributed by atoms with Crippen LogP contribution < -0.4 is 5.73 Å². The summed E-state index contributed by atoms with van der Waals surface area (Å²) in [6.07, 6.45) is 3.72. The van der Waals surface area contributed by atoms with Crippen molar-refractivity contribution in [1.82, 2.24) is 18.8 Å². The van der Waals surface area contributed by atoms with Crippen molar-refractivity contribution in [2.24, 2.45) is 5.73 Å². The zero-order valence-electron chi connectivity index (χ0n) is 29.4. The van der Waals surface area contributed by atoms with Crippen LogP contribution in [0.1, 0.15) is 61.0 Å². The molecule has 0 radical (unpaired) electrons. The van der Waals surface area contributed by atoms with Gasteiger partial charge in [0.1, 0.15) is 26.8 Å². The van der Waals surface area contributed by atoms with Gasteiger partial charge in [-0.15, -0.1) is 0 Å². The van der Waals surface area contributed by atoms with Crippen LogP contribution in [0.5, 0.6) is 0 Å². The predicted molar refractivity (Wildman–Crippen MR) is 193 cm³/mol. The van der Waals surface area contributed by atoms with Crippen molar-refractivity contribution in [2.75, 3.05) is 0 Å². The Bertz CT molecular complexity index is 2420. The number of carboxylic acid groups (broad SMARTS) is 1. The number of nitrogens with two attached hydrogens (primary N) is 1. The van der Waals surface area contributed by atoms with E-state index in [-0.39, 0.29) is 30.9 Å². The zero-order chi connectivity index (χ0) is 41.5. The number of imidazole rings is 2. The van der Waals surface area contributed by atoms with Gasteiger partial charge >= 0.3 is 26.4 Å². The number of rotatable bonds is 8. The minimum Gasteiger partial charge on any atom is -0.477 e. The molecule has 4 aromatic heterocycles. The molecule has 8 nitrogen and oxygen atoms in total. The Morgan fingerprint density at radius 1 is 0.600 bits per heavy atom. The molecule has 20 heteroatoms. The van der Waals surface area contributed by atoms with E-state index < -0.39 is 36.2 Å². The van der Waals surface area contributed by atoms with Crippen molar-refractivity contribution in [2.45, 2.75) is 56.9 Å². The van der Waals surface area contributed by atoms with Crippen LogP contribution in [0.2, 0.25) is 0 Å². The highest BCUT2D eigenvalue weighted by Crippen LogP contribution is 3.02. The van der Waals surface area contributed by atoms with E-state index in [1.807, 2.05) is 32.0 Å². The molecule has 300 valence electrons. The van der Waals surface area contributed by atoms with Gasteiger partial charge in [-0.3, -0.25) is 13.6 Å². The number of fused-ring (bicyclic) bond motifs is 2. The fraction of sp³-hybridized carbons (Fsp3) is 0.200. The van der Waals surface area contributed by atoms with Crippen LogP contribution >= 0.6 is 20.4 Å². The second-order valence-corrected chi connectivity index (χ2v) is 17.4. The Labute approximate surface area is 308 Å². The van der Waals surface area contributed by atoms with Gasteiger partial charge in [-0.2, -0.15) is 0 Å². The first-order valence-corrected chi connectivity index (χ1v) is 19.8. The molecule has 4 heterocycles. The third-order valence-electron chi connectivity index (χ3n) is 7.96. The fourth-order valence-electron chi connectivity index (χ4n) is 5.30. The topological polar surface area (TPSA) is 115 Å². The summed E-state index contributed by atoms with van der Waals surface area (Å²) in [7, 11) is -19.2. The zero-order valence-corrected chi connectivity index (χ0v) is 31.1. The fourth-order valence-corrected chi connectivity index (χ4v) is 6.60. The quantitative estimate of drug-likeness (QED) is 0.117. The van der Waals surface area contributed by atoms with Crippen LogP contribution in [0.15, 0.2) is 95.0 Å². The molecule has 0 aliphatic heterocycles. The number of aromatic nitrogens is 4. The van der Waals surface area contributed by atoms with Gasteiger partial charge in [-0.25, -0.2) is 14.8 Å². The lowest BCUT2D eigenvalue weighted by Gasteiger charge is -2.40. The Hall–Kier alpha value is -5.08. The number of halogens is 10. The Morgan fingerprint density at radius 3 is 1.36 bits per heavy atom. The maximum absolute atomic E-state index is 12.7. The Morgan fingerprint density at radius 2 is 0.982 bits per heavy atom. The average molecular weight is 828 g/mol. The molecule has 0 spiro atoms. The van der Waals surface area contributed by atoms with E-state index >= 15 is 0 Å². The molecule has 6 aromatic rings. The summed E-state index contributed by atoms with van der Waals surface area (Å²) < 4.78 is 128. The first-order chi connectivity index (χ1) is 24.9. The maximum atomic E-state index is 12.7. The summed E-state index contributed by atoms with van der Waals surface area (Å²) in [5.41, 5.74) is 10.9. The average Bonchev–Trinajstić information content (AvgIpc) is 3.56. The van der Waals surface area contributed by atoms with Crippen LogP contribution in [-0.2, 0) is 13.0 Å². The van der Waals surface area contributed by atoms with E-state index in [1.165, 1.54) is 0 Å². The van der Waals surface area contributed by atoms with E-state index in [1.54, 1.807) is 41.1 Å².